The maximum Gasteiger partial charge on any atom is 0.495 e. The van der Waals surface area contributed by atoms with Crippen LogP contribution in [0.3, 0.4) is 0 Å². The van der Waals surface area contributed by atoms with Gasteiger partial charge >= 0.3 is 7.12 Å². The lowest BCUT2D eigenvalue weighted by Gasteiger charge is -2.42. The number of nitrogens with zero attached hydrogens (tertiary/aromatic N) is 2. The van der Waals surface area contributed by atoms with Crippen LogP contribution in [0, 0.1) is 16.7 Å². The number of rotatable bonds is 4. The normalized spacial score (nSPS) is 28.0. The molecule has 2 aliphatic heterocycles. The molecule has 0 bridgehead atoms. The molecule has 150 valence electrons. The molecule has 0 aromatic heterocycles. The van der Waals surface area contributed by atoms with Gasteiger partial charge in [0, 0.05) is 6.21 Å². The van der Waals surface area contributed by atoms with Crippen molar-refractivity contribution in [1.82, 2.24) is 0 Å². The van der Waals surface area contributed by atoms with Gasteiger partial charge in [-0.1, -0.05) is 20.8 Å². The summed E-state index contributed by atoms with van der Waals surface area (Å²) in [7, 11) is -0.618. The fraction of sp³-hybridized carbons (Fsp3) is 0.619. The number of benzene rings is 1. The Bertz CT molecular complexity index is 825. The number of hydrogen-bond acceptors (Lipinski definition) is 5. The summed E-state index contributed by atoms with van der Waals surface area (Å²) < 4.78 is 33.0. The van der Waals surface area contributed by atoms with Gasteiger partial charge < -0.3 is 14.0 Å². The highest BCUT2D eigenvalue weighted by molar-refractivity contribution is 6.62. The van der Waals surface area contributed by atoms with Crippen LogP contribution in [-0.2, 0) is 9.31 Å². The standard InChI is InChI=1S/C21H28BFN2O3/c1-18(2,3)17-21(23,12-25-17)13-26-16-9-14(11-24)8-15(10-16)22-27-19(4,5)20(6,7)28-22/h8-10,12,17H,13H2,1-7H3. The van der Waals surface area contributed by atoms with Crippen molar-refractivity contribution in [3.05, 3.63) is 23.8 Å². The molecule has 7 heteroatoms. The molecule has 1 aromatic carbocycles. The molecule has 0 saturated carbocycles. The molecule has 1 fully saturated rings. The van der Waals surface area contributed by atoms with Gasteiger partial charge in [-0.3, -0.25) is 4.99 Å². The van der Waals surface area contributed by atoms with E-state index in [2.05, 4.69) is 11.1 Å². The van der Waals surface area contributed by atoms with Gasteiger partial charge in [0.2, 0.25) is 5.67 Å². The van der Waals surface area contributed by atoms with Crippen molar-refractivity contribution in [2.45, 2.75) is 71.4 Å². The summed E-state index contributed by atoms with van der Waals surface area (Å²) in [5.74, 6) is 0.411. The molecular formula is C21H28BFN2O3. The second-order valence-corrected chi connectivity index (χ2v) is 9.75. The monoisotopic (exact) mass is 386 g/mol. The zero-order chi connectivity index (χ0) is 21.0. The first kappa shape index (κ1) is 20.8. The van der Waals surface area contributed by atoms with E-state index in [0.29, 0.717) is 16.8 Å². The molecule has 1 aromatic rings. The number of nitriles is 1. The zero-order valence-electron chi connectivity index (χ0n) is 17.7. The zero-order valence-corrected chi connectivity index (χ0v) is 17.7. The van der Waals surface area contributed by atoms with E-state index in [0.717, 1.165) is 0 Å². The molecule has 5 nitrogen and oxygen atoms in total. The smallest absolute Gasteiger partial charge is 0.490 e. The van der Waals surface area contributed by atoms with Crippen LogP contribution in [0.1, 0.15) is 54.0 Å². The molecule has 2 aliphatic rings. The summed E-state index contributed by atoms with van der Waals surface area (Å²) in [5, 5.41) is 9.39. The van der Waals surface area contributed by atoms with Crippen LogP contribution in [0.15, 0.2) is 23.2 Å². The van der Waals surface area contributed by atoms with Crippen LogP contribution < -0.4 is 10.2 Å². The maximum absolute atomic E-state index is 15.2. The van der Waals surface area contributed by atoms with Gasteiger partial charge in [0.05, 0.1) is 28.9 Å². The molecule has 1 saturated heterocycles. The van der Waals surface area contributed by atoms with Crippen LogP contribution in [-0.4, -0.2) is 42.9 Å². The largest absolute Gasteiger partial charge is 0.495 e. The van der Waals surface area contributed by atoms with Crippen molar-refractivity contribution in [3.63, 3.8) is 0 Å². The highest BCUT2D eigenvalue weighted by Gasteiger charge is 2.52. The number of hydrogen-bond donors (Lipinski definition) is 0. The number of aliphatic imine (C=N–C) groups is 1. The van der Waals surface area contributed by atoms with E-state index < -0.39 is 30.0 Å². The highest BCUT2D eigenvalue weighted by Crippen LogP contribution is 2.39. The summed E-state index contributed by atoms with van der Waals surface area (Å²) >= 11 is 0. The average Bonchev–Trinajstić information content (AvgIpc) is 2.77. The third-order valence-electron chi connectivity index (χ3n) is 5.76. The second kappa shape index (κ2) is 6.57. The first-order valence-corrected chi connectivity index (χ1v) is 9.54. The lowest BCUT2D eigenvalue weighted by molar-refractivity contribution is 0.00578. The third kappa shape index (κ3) is 3.68. The van der Waals surface area contributed by atoms with Crippen molar-refractivity contribution in [2.75, 3.05) is 6.61 Å². The molecular weight excluding hydrogens is 358 g/mol. The molecule has 2 unspecified atom stereocenters. The predicted octanol–water partition coefficient (Wildman–Crippen LogP) is 3.44. The Kier molecular flexibility index (Phi) is 4.88. The Morgan fingerprint density at radius 2 is 1.79 bits per heavy atom. The molecule has 2 heterocycles. The summed E-state index contributed by atoms with van der Waals surface area (Å²) in [6.45, 7) is 13.6. The molecule has 0 amide bonds. The van der Waals surface area contributed by atoms with Crippen molar-refractivity contribution < 1.29 is 18.4 Å². The quantitative estimate of drug-likeness (QED) is 0.744. The van der Waals surface area contributed by atoms with Crippen LogP contribution >= 0.6 is 0 Å². The maximum atomic E-state index is 15.2. The minimum Gasteiger partial charge on any atom is -0.490 e. The van der Waals surface area contributed by atoms with E-state index >= 15 is 4.39 Å². The van der Waals surface area contributed by atoms with Gasteiger partial charge in [0.25, 0.3) is 0 Å². The topological polar surface area (TPSA) is 63.8 Å². The first-order valence-electron chi connectivity index (χ1n) is 9.54. The van der Waals surface area contributed by atoms with Crippen molar-refractivity contribution >= 4 is 18.8 Å². The lowest BCUT2D eigenvalue weighted by Crippen LogP contribution is -2.56. The van der Waals surface area contributed by atoms with E-state index in [-0.39, 0.29) is 12.0 Å². The highest BCUT2D eigenvalue weighted by atomic mass is 19.1. The summed E-state index contributed by atoms with van der Waals surface area (Å²) in [6, 6.07) is 6.72. The van der Waals surface area contributed by atoms with Crippen LogP contribution in [0.2, 0.25) is 0 Å². The SMILES string of the molecule is CC(C)(C)C1N=CC1(F)COc1cc(C#N)cc(B2OC(C)(C)C(C)(C)O2)c1. The minimum absolute atomic E-state index is 0.157. The van der Waals surface area contributed by atoms with E-state index in [1.165, 1.54) is 6.21 Å². The van der Waals surface area contributed by atoms with Gasteiger partial charge in [-0.2, -0.15) is 5.26 Å². The molecule has 0 N–H and O–H groups in total. The molecule has 28 heavy (non-hydrogen) atoms. The predicted molar refractivity (Wildman–Crippen MR) is 108 cm³/mol. The lowest BCUT2D eigenvalue weighted by atomic mass is 9.75. The van der Waals surface area contributed by atoms with Gasteiger partial charge in [-0.15, -0.1) is 0 Å². The van der Waals surface area contributed by atoms with Crippen molar-refractivity contribution in [2.24, 2.45) is 10.4 Å². The minimum atomic E-state index is -1.62. The van der Waals surface area contributed by atoms with Gasteiger partial charge in [-0.05, 0) is 56.8 Å². The summed E-state index contributed by atoms with van der Waals surface area (Å²) in [6.07, 6.45) is 1.31. The molecule has 0 spiro atoms. The van der Waals surface area contributed by atoms with E-state index in [1.807, 2.05) is 48.5 Å². The van der Waals surface area contributed by atoms with Crippen LogP contribution in [0.5, 0.6) is 5.75 Å². The van der Waals surface area contributed by atoms with Crippen molar-refractivity contribution in [3.8, 4) is 11.8 Å². The average molecular weight is 386 g/mol. The number of alkyl halides is 1. The Labute approximate surface area is 167 Å². The molecule has 2 atom stereocenters. The second-order valence-electron chi connectivity index (χ2n) is 9.75. The molecule has 0 aliphatic carbocycles. The first-order chi connectivity index (χ1) is 12.8. The fourth-order valence-corrected chi connectivity index (χ4v) is 3.45. The Morgan fingerprint density at radius 1 is 1.18 bits per heavy atom. The Morgan fingerprint density at radius 3 is 2.25 bits per heavy atom. The van der Waals surface area contributed by atoms with Gasteiger partial charge in [0.1, 0.15) is 12.4 Å². The van der Waals surface area contributed by atoms with E-state index in [9.17, 15) is 5.26 Å². The molecule has 0 radical (unpaired) electrons. The Balaban J connectivity index is 1.80. The van der Waals surface area contributed by atoms with E-state index in [4.69, 9.17) is 14.0 Å². The fourth-order valence-electron chi connectivity index (χ4n) is 3.45. The Hall–Kier alpha value is -1.91. The van der Waals surface area contributed by atoms with Crippen LogP contribution in [0.25, 0.3) is 0 Å². The number of halogens is 1. The third-order valence-corrected chi connectivity index (χ3v) is 5.76. The van der Waals surface area contributed by atoms with Gasteiger partial charge in [-0.25, -0.2) is 4.39 Å². The van der Waals surface area contributed by atoms with Crippen molar-refractivity contribution in [1.29, 1.82) is 5.26 Å². The number of ether oxygens (including phenoxy) is 1. The molecule has 3 rings (SSSR count). The summed E-state index contributed by atoms with van der Waals surface area (Å²) in [5.41, 5.74) is -1.82. The summed E-state index contributed by atoms with van der Waals surface area (Å²) in [4.78, 5) is 4.18. The van der Waals surface area contributed by atoms with Crippen LogP contribution in [0.4, 0.5) is 4.39 Å². The van der Waals surface area contributed by atoms with E-state index in [1.54, 1.807) is 18.2 Å². The van der Waals surface area contributed by atoms with Gasteiger partial charge in [0.15, 0.2) is 0 Å².